The molecule has 19 heavy (non-hydrogen) atoms. The van der Waals surface area contributed by atoms with Gasteiger partial charge in [0.2, 0.25) is 0 Å². The number of benzene rings is 2. The average molecular weight is 251 g/mol. The second-order valence-electron chi connectivity index (χ2n) is 5.04. The van der Waals surface area contributed by atoms with Crippen molar-refractivity contribution in [2.75, 3.05) is 0 Å². The maximum Gasteiger partial charge on any atom is 0.0762 e. The Labute approximate surface area is 116 Å². The first-order chi connectivity index (χ1) is 9.22. The molecule has 0 aliphatic carbocycles. The molecule has 1 unspecified atom stereocenters. The summed E-state index contributed by atoms with van der Waals surface area (Å²) in [5.41, 5.74) is 3.88. The highest BCUT2D eigenvalue weighted by atomic mass is 14.9. The van der Waals surface area contributed by atoms with Crippen molar-refractivity contribution in [3.63, 3.8) is 0 Å². The lowest BCUT2D eigenvalue weighted by molar-refractivity contribution is 0.729. The lowest BCUT2D eigenvalue weighted by atomic mass is 9.95. The minimum atomic E-state index is 0.167. The van der Waals surface area contributed by atoms with Gasteiger partial charge in [-0.15, -0.1) is 0 Å². The molecule has 1 N–H and O–H groups in total. The fraction of sp³-hybridized carbons (Fsp3) is 0.222. The Bertz CT molecular complexity index is 511. The minimum Gasteiger partial charge on any atom is -0.381 e. The molecule has 2 rings (SSSR count). The zero-order valence-electron chi connectivity index (χ0n) is 11.6. The molecule has 1 heteroatoms. The van der Waals surface area contributed by atoms with Gasteiger partial charge in [-0.2, -0.15) is 0 Å². The molecule has 1 nitrogen and oxygen atoms in total. The second kappa shape index (κ2) is 6.24. The molecule has 0 bridgehead atoms. The van der Waals surface area contributed by atoms with Crippen LogP contribution in [-0.2, 0) is 0 Å². The maximum atomic E-state index is 3.79. The molecule has 1 atom stereocenters. The highest BCUT2D eigenvalue weighted by Crippen LogP contribution is 2.24. The van der Waals surface area contributed by atoms with Gasteiger partial charge in [0.25, 0.3) is 0 Å². The van der Waals surface area contributed by atoms with E-state index in [-0.39, 0.29) is 6.04 Å². The van der Waals surface area contributed by atoms with Gasteiger partial charge in [-0.05, 0) is 28.8 Å². The highest BCUT2D eigenvalue weighted by molar-refractivity contribution is 5.34. The molecule has 0 aromatic heterocycles. The van der Waals surface area contributed by atoms with Crippen molar-refractivity contribution in [1.82, 2.24) is 5.32 Å². The SMILES string of the molecule is C=CNC(c1ccccc1)c1ccc(C(C)C)cc1. The van der Waals surface area contributed by atoms with Crippen LogP contribution in [-0.4, -0.2) is 0 Å². The van der Waals surface area contributed by atoms with E-state index < -0.39 is 0 Å². The molecule has 98 valence electrons. The van der Waals surface area contributed by atoms with E-state index in [4.69, 9.17) is 0 Å². The third-order valence-electron chi connectivity index (χ3n) is 3.35. The van der Waals surface area contributed by atoms with Gasteiger partial charge in [-0.25, -0.2) is 0 Å². The van der Waals surface area contributed by atoms with Crippen molar-refractivity contribution in [3.8, 4) is 0 Å². The van der Waals surface area contributed by atoms with Gasteiger partial charge in [-0.1, -0.05) is 75.0 Å². The third-order valence-corrected chi connectivity index (χ3v) is 3.35. The van der Waals surface area contributed by atoms with Gasteiger partial charge in [0.05, 0.1) is 6.04 Å². The number of rotatable bonds is 5. The first-order valence-corrected chi connectivity index (χ1v) is 6.74. The third kappa shape index (κ3) is 3.25. The topological polar surface area (TPSA) is 12.0 Å². The zero-order chi connectivity index (χ0) is 13.7. The lowest BCUT2D eigenvalue weighted by Gasteiger charge is -2.19. The van der Waals surface area contributed by atoms with Crippen molar-refractivity contribution in [3.05, 3.63) is 84.1 Å². The van der Waals surface area contributed by atoms with Crippen LogP contribution in [0.2, 0.25) is 0 Å². The van der Waals surface area contributed by atoms with Crippen LogP contribution in [0.15, 0.2) is 67.4 Å². The van der Waals surface area contributed by atoms with Crippen molar-refractivity contribution in [1.29, 1.82) is 0 Å². The lowest BCUT2D eigenvalue weighted by Crippen LogP contribution is -2.16. The van der Waals surface area contributed by atoms with Gasteiger partial charge >= 0.3 is 0 Å². The maximum absolute atomic E-state index is 3.79. The summed E-state index contributed by atoms with van der Waals surface area (Å²) in [6.45, 7) is 8.21. The summed E-state index contributed by atoms with van der Waals surface area (Å²) in [6, 6.07) is 19.4. The van der Waals surface area contributed by atoms with Crippen LogP contribution in [0.1, 0.15) is 42.5 Å². The van der Waals surface area contributed by atoms with E-state index in [0.29, 0.717) is 5.92 Å². The van der Waals surface area contributed by atoms with Crippen LogP contribution in [0, 0.1) is 0 Å². The van der Waals surface area contributed by atoms with E-state index in [9.17, 15) is 0 Å². The van der Waals surface area contributed by atoms with Crippen molar-refractivity contribution in [2.45, 2.75) is 25.8 Å². The van der Waals surface area contributed by atoms with Crippen LogP contribution in [0.3, 0.4) is 0 Å². The smallest absolute Gasteiger partial charge is 0.0762 e. The summed E-state index contributed by atoms with van der Waals surface area (Å²) in [7, 11) is 0. The van der Waals surface area contributed by atoms with Gasteiger partial charge in [-0.3, -0.25) is 0 Å². The molecule has 0 saturated heterocycles. The first-order valence-electron chi connectivity index (χ1n) is 6.74. The summed E-state index contributed by atoms with van der Waals surface area (Å²) in [4.78, 5) is 0. The molecule has 0 aliphatic rings. The molecule has 0 aliphatic heterocycles. The van der Waals surface area contributed by atoms with E-state index in [1.165, 1.54) is 16.7 Å². The molecule has 0 heterocycles. The molecule has 0 saturated carbocycles. The Morgan fingerprint density at radius 3 is 1.89 bits per heavy atom. The van der Waals surface area contributed by atoms with Crippen molar-refractivity contribution < 1.29 is 0 Å². The van der Waals surface area contributed by atoms with Gasteiger partial charge in [0, 0.05) is 0 Å². The van der Waals surface area contributed by atoms with Crippen LogP contribution in [0.4, 0.5) is 0 Å². The first kappa shape index (κ1) is 13.4. The predicted octanol–water partition coefficient (Wildman–Crippen LogP) is 4.63. The minimum absolute atomic E-state index is 0.167. The average Bonchev–Trinajstić information content (AvgIpc) is 2.46. The van der Waals surface area contributed by atoms with Crippen molar-refractivity contribution in [2.24, 2.45) is 0 Å². The molecule has 0 spiro atoms. The van der Waals surface area contributed by atoms with E-state index in [1.54, 1.807) is 6.20 Å². The molecule has 0 fully saturated rings. The Balaban J connectivity index is 2.31. The number of nitrogens with one attached hydrogen (secondary N) is 1. The monoisotopic (exact) mass is 251 g/mol. The van der Waals surface area contributed by atoms with Gasteiger partial charge in [0.1, 0.15) is 0 Å². The number of hydrogen-bond acceptors (Lipinski definition) is 1. The summed E-state index contributed by atoms with van der Waals surface area (Å²) in [6.07, 6.45) is 1.76. The highest BCUT2D eigenvalue weighted by Gasteiger charge is 2.11. The summed E-state index contributed by atoms with van der Waals surface area (Å²) >= 11 is 0. The Kier molecular flexibility index (Phi) is 4.40. The fourth-order valence-corrected chi connectivity index (χ4v) is 2.22. The standard InChI is InChI=1S/C18H21N/c1-4-19-18(16-8-6-5-7-9-16)17-12-10-15(11-13-17)14(2)3/h4-14,18-19H,1H2,2-3H3. The van der Waals surface area contributed by atoms with E-state index in [2.05, 4.69) is 74.3 Å². The van der Waals surface area contributed by atoms with Crippen LogP contribution in [0.5, 0.6) is 0 Å². The Morgan fingerprint density at radius 1 is 0.842 bits per heavy atom. The van der Waals surface area contributed by atoms with E-state index in [1.807, 2.05) is 6.07 Å². The normalized spacial score (nSPS) is 12.2. The predicted molar refractivity (Wildman–Crippen MR) is 82.1 cm³/mol. The van der Waals surface area contributed by atoms with Gasteiger partial charge in [0.15, 0.2) is 0 Å². The Morgan fingerprint density at radius 2 is 1.37 bits per heavy atom. The van der Waals surface area contributed by atoms with E-state index in [0.717, 1.165) is 0 Å². The summed E-state index contributed by atoms with van der Waals surface area (Å²) < 4.78 is 0. The summed E-state index contributed by atoms with van der Waals surface area (Å²) in [5, 5.41) is 3.33. The summed E-state index contributed by atoms with van der Waals surface area (Å²) in [5.74, 6) is 0.566. The van der Waals surface area contributed by atoms with Crippen LogP contribution < -0.4 is 5.32 Å². The Hall–Kier alpha value is -2.02. The van der Waals surface area contributed by atoms with Crippen molar-refractivity contribution >= 4 is 0 Å². The molecular weight excluding hydrogens is 230 g/mol. The van der Waals surface area contributed by atoms with Crippen LogP contribution in [0.25, 0.3) is 0 Å². The number of hydrogen-bond donors (Lipinski definition) is 1. The van der Waals surface area contributed by atoms with E-state index >= 15 is 0 Å². The molecule has 2 aromatic rings. The van der Waals surface area contributed by atoms with Crippen LogP contribution >= 0.6 is 0 Å². The van der Waals surface area contributed by atoms with Gasteiger partial charge < -0.3 is 5.32 Å². The quantitative estimate of drug-likeness (QED) is 0.816. The fourth-order valence-electron chi connectivity index (χ4n) is 2.22. The zero-order valence-corrected chi connectivity index (χ0v) is 11.6. The second-order valence-corrected chi connectivity index (χ2v) is 5.04. The molecule has 0 amide bonds. The molecular formula is C18H21N. The molecule has 2 aromatic carbocycles. The molecule has 0 radical (unpaired) electrons. The largest absolute Gasteiger partial charge is 0.381 e.